The number of nitrogens with one attached hydrogen (secondary N) is 1. The minimum absolute atomic E-state index is 0.172. The summed E-state index contributed by atoms with van der Waals surface area (Å²) in [4.78, 5) is 13.8. The number of carbonyl (C=O) groups is 1. The second kappa shape index (κ2) is 9.95. The summed E-state index contributed by atoms with van der Waals surface area (Å²) in [5.41, 5.74) is 2.38. The van der Waals surface area contributed by atoms with Gasteiger partial charge in [-0.25, -0.2) is 9.18 Å². The molecule has 146 valence electrons. The molecule has 0 radical (unpaired) electrons. The Balaban J connectivity index is 1.53. The summed E-state index contributed by atoms with van der Waals surface area (Å²) in [6.07, 6.45) is 0. The minimum Gasteiger partial charge on any atom is -0.489 e. The second-order valence-corrected chi connectivity index (χ2v) is 6.33. The summed E-state index contributed by atoms with van der Waals surface area (Å²) in [5, 5.41) is 2.83. The molecule has 3 rings (SSSR count). The van der Waals surface area contributed by atoms with Gasteiger partial charge in [0.15, 0.2) is 11.6 Å². The predicted octanol–water partition coefficient (Wildman–Crippen LogP) is 4.77. The molecule has 5 heteroatoms. The third-order valence-electron chi connectivity index (χ3n) is 4.11. The first kappa shape index (κ1) is 20.0. The van der Waals surface area contributed by atoms with Gasteiger partial charge >= 0.3 is 6.03 Å². The van der Waals surface area contributed by atoms with Crippen LogP contribution in [0.2, 0.25) is 0 Å². The molecule has 3 aromatic carbocycles. The molecular weight excluding hydrogens is 367 g/mol. The van der Waals surface area contributed by atoms with Crippen LogP contribution in [0.5, 0.6) is 5.75 Å². The second-order valence-electron chi connectivity index (χ2n) is 6.33. The van der Waals surface area contributed by atoms with Crippen LogP contribution in [0, 0.1) is 17.7 Å². The molecule has 2 amide bonds. The molecule has 4 nitrogen and oxygen atoms in total. The normalized spacial score (nSPS) is 9.86. The van der Waals surface area contributed by atoms with E-state index in [1.165, 1.54) is 11.0 Å². The molecule has 0 atom stereocenters. The summed E-state index contributed by atoms with van der Waals surface area (Å²) in [5.74, 6) is 5.93. The van der Waals surface area contributed by atoms with E-state index in [0.717, 1.165) is 11.1 Å². The van der Waals surface area contributed by atoms with Crippen molar-refractivity contribution in [3.63, 3.8) is 0 Å². The van der Waals surface area contributed by atoms with Gasteiger partial charge in [0.05, 0.1) is 6.54 Å². The van der Waals surface area contributed by atoms with E-state index in [1.807, 2.05) is 48.5 Å². The van der Waals surface area contributed by atoms with Gasteiger partial charge in [0.25, 0.3) is 0 Å². The van der Waals surface area contributed by atoms with Crippen molar-refractivity contribution in [2.75, 3.05) is 25.5 Å². The maximum Gasteiger partial charge on any atom is 0.321 e. The number of rotatable bonds is 5. The molecule has 1 N–H and O–H groups in total. The van der Waals surface area contributed by atoms with Crippen molar-refractivity contribution in [1.82, 2.24) is 4.90 Å². The van der Waals surface area contributed by atoms with Gasteiger partial charge in [0.1, 0.15) is 6.61 Å². The summed E-state index contributed by atoms with van der Waals surface area (Å²) < 4.78 is 18.9. The zero-order valence-corrected chi connectivity index (χ0v) is 16.1. The molecule has 0 spiro atoms. The molecule has 0 aliphatic heterocycles. The Labute approximate surface area is 169 Å². The van der Waals surface area contributed by atoms with Gasteiger partial charge in [-0.15, -0.1) is 0 Å². The minimum atomic E-state index is -0.423. The lowest BCUT2D eigenvalue weighted by Gasteiger charge is -2.18. The van der Waals surface area contributed by atoms with Crippen molar-refractivity contribution < 1.29 is 13.9 Å². The Kier molecular flexibility index (Phi) is 6.85. The van der Waals surface area contributed by atoms with Crippen LogP contribution in [-0.4, -0.2) is 31.1 Å². The number of carbonyl (C=O) groups excluding carboxylic acids is 1. The van der Waals surface area contributed by atoms with Gasteiger partial charge < -0.3 is 15.0 Å². The maximum absolute atomic E-state index is 13.5. The van der Waals surface area contributed by atoms with Crippen LogP contribution in [-0.2, 0) is 0 Å². The SMILES string of the molecule is CN(CCOc1ccccc1F)C(=O)Nc1cccc(C#Cc2ccccc2)c1. The van der Waals surface area contributed by atoms with E-state index >= 15 is 0 Å². The monoisotopic (exact) mass is 388 g/mol. The molecule has 0 fully saturated rings. The Morgan fingerprint density at radius 2 is 1.66 bits per heavy atom. The maximum atomic E-state index is 13.5. The molecule has 0 saturated heterocycles. The number of urea groups is 1. The average Bonchev–Trinajstić information content (AvgIpc) is 2.74. The highest BCUT2D eigenvalue weighted by molar-refractivity contribution is 5.89. The fourth-order valence-electron chi connectivity index (χ4n) is 2.52. The zero-order valence-electron chi connectivity index (χ0n) is 16.1. The Bertz CT molecular complexity index is 1030. The van der Waals surface area contributed by atoms with E-state index in [0.29, 0.717) is 12.2 Å². The van der Waals surface area contributed by atoms with Gasteiger partial charge in [-0.05, 0) is 42.5 Å². The average molecular weight is 388 g/mol. The Hall–Kier alpha value is -3.78. The predicted molar refractivity (Wildman–Crippen MR) is 112 cm³/mol. The Morgan fingerprint density at radius 1 is 0.966 bits per heavy atom. The number of halogens is 1. The molecule has 0 aliphatic carbocycles. The largest absolute Gasteiger partial charge is 0.489 e. The molecular formula is C24H21FN2O2. The molecule has 0 heterocycles. The molecule has 3 aromatic rings. The standard InChI is InChI=1S/C24H21FN2O2/c1-27(16-17-29-23-13-6-5-12-22(23)25)24(28)26-21-11-7-10-20(18-21)15-14-19-8-3-2-4-9-19/h2-13,18H,16-17H2,1H3,(H,26,28). The number of hydrogen-bond acceptors (Lipinski definition) is 2. The van der Waals surface area contributed by atoms with E-state index in [9.17, 15) is 9.18 Å². The van der Waals surface area contributed by atoms with Crippen molar-refractivity contribution in [2.24, 2.45) is 0 Å². The Morgan fingerprint density at radius 3 is 2.45 bits per heavy atom. The van der Waals surface area contributed by atoms with Crippen LogP contribution in [0.1, 0.15) is 11.1 Å². The highest BCUT2D eigenvalue weighted by Crippen LogP contribution is 2.15. The fourth-order valence-corrected chi connectivity index (χ4v) is 2.52. The van der Waals surface area contributed by atoms with Gasteiger partial charge in [0, 0.05) is 23.9 Å². The van der Waals surface area contributed by atoms with Gasteiger partial charge in [-0.1, -0.05) is 48.2 Å². The first-order valence-corrected chi connectivity index (χ1v) is 9.18. The quantitative estimate of drug-likeness (QED) is 0.640. The van der Waals surface area contributed by atoms with Crippen molar-refractivity contribution in [2.45, 2.75) is 0 Å². The number of para-hydroxylation sites is 1. The molecule has 0 aromatic heterocycles. The van der Waals surface area contributed by atoms with Gasteiger partial charge in [-0.2, -0.15) is 0 Å². The lowest BCUT2D eigenvalue weighted by molar-refractivity contribution is 0.206. The van der Waals surface area contributed by atoms with E-state index in [4.69, 9.17) is 4.74 Å². The van der Waals surface area contributed by atoms with Crippen LogP contribution < -0.4 is 10.1 Å². The van der Waals surface area contributed by atoms with Crippen molar-refractivity contribution >= 4 is 11.7 Å². The topological polar surface area (TPSA) is 41.6 Å². The van der Waals surface area contributed by atoms with E-state index in [1.54, 1.807) is 31.3 Å². The van der Waals surface area contributed by atoms with Crippen LogP contribution in [0.25, 0.3) is 0 Å². The fraction of sp³-hybridized carbons (Fsp3) is 0.125. The number of likely N-dealkylation sites (N-methyl/N-ethyl adjacent to an activating group) is 1. The number of nitrogens with zero attached hydrogens (tertiary/aromatic N) is 1. The van der Waals surface area contributed by atoms with Crippen LogP contribution >= 0.6 is 0 Å². The third-order valence-corrected chi connectivity index (χ3v) is 4.11. The highest BCUT2D eigenvalue weighted by atomic mass is 19.1. The van der Waals surface area contributed by atoms with Gasteiger partial charge in [-0.3, -0.25) is 0 Å². The zero-order chi connectivity index (χ0) is 20.5. The van der Waals surface area contributed by atoms with Crippen LogP contribution in [0.4, 0.5) is 14.9 Å². The third kappa shape index (κ3) is 6.12. The number of amides is 2. The smallest absolute Gasteiger partial charge is 0.321 e. The lowest BCUT2D eigenvalue weighted by Crippen LogP contribution is -2.34. The summed E-state index contributed by atoms with van der Waals surface area (Å²) in [6, 6.07) is 22.9. The molecule has 0 saturated carbocycles. The molecule has 0 bridgehead atoms. The molecule has 29 heavy (non-hydrogen) atoms. The summed E-state index contributed by atoms with van der Waals surface area (Å²) in [6.45, 7) is 0.501. The molecule has 0 aliphatic rings. The summed E-state index contributed by atoms with van der Waals surface area (Å²) >= 11 is 0. The first-order chi connectivity index (χ1) is 14.1. The van der Waals surface area contributed by atoms with Crippen molar-refractivity contribution in [1.29, 1.82) is 0 Å². The first-order valence-electron chi connectivity index (χ1n) is 9.18. The van der Waals surface area contributed by atoms with Crippen molar-refractivity contribution in [3.05, 3.63) is 95.8 Å². The number of ether oxygens (including phenoxy) is 1. The van der Waals surface area contributed by atoms with E-state index in [-0.39, 0.29) is 18.4 Å². The summed E-state index contributed by atoms with van der Waals surface area (Å²) in [7, 11) is 1.65. The lowest BCUT2D eigenvalue weighted by atomic mass is 10.1. The van der Waals surface area contributed by atoms with E-state index in [2.05, 4.69) is 17.2 Å². The van der Waals surface area contributed by atoms with Crippen molar-refractivity contribution in [3.8, 4) is 17.6 Å². The molecule has 0 unspecified atom stereocenters. The van der Waals surface area contributed by atoms with Crippen LogP contribution in [0.3, 0.4) is 0 Å². The van der Waals surface area contributed by atoms with E-state index < -0.39 is 5.82 Å². The number of anilines is 1. The van der Waals surface area contributed by atoms with Gasteiger partial charge in [0.2, 0.25) is 0 Å². The van der Waals surface area contributed by atoms with Crippen LogP contribution in [0.15, 0.2) is 78.9 Å². The number of hydrogen-bond donors (Lipinski definition) is 1. The number of benzene rings is 3. The highest BCUT2D eigenvalue weighted by Gasteiger charge is 2.10.